The van der Waals surface area contributed by atoms with Crippen molar-refractivity contribution in [3.8, 4) is 0 Å². The quantitative estimate of drug-likeness (QED) is 0.643. The number of alkyl halides is 3. The van der Waals surface area contributed by atoms with Crippen LogP contribution in [-0.4, -0.2) is 20.0 Å². The molecule has 0 unspecified atom stereocenters. The molecule has 0 radical (unpaired) electrons. The Hall–Kier alpha value is -2.35. The molecule has 0 amide bonds. The lowest BCUT2D eigenvalue weighted by Gasteiger charge is -2.09. The molecule has 0 aliphatic heterocycles. The molecule has 1 aromatic carbocycles. The molecule has 5 nitrogen and oxygen atoms in total. The largest absolute Gasteiger partial charge is 0.435 e. The van der Waals surface area contributed by atoms with Crippen molar-refractivity contribution in [3.05, 3.63) is 64.1 Å². The molecule has 0 saturated heterocycles. The van der Waals surface area contributed by atoms with Crippen LogP contribution in [0.5, 0.6) is 0 Å². The molecule has 0 aliphatic rings. The minimum atomic E-state index is -4.46. The van der Waals surface area contributed by atoms with E-state index in [0.717, 1.165) is 11.6 Å². The van der Waals surface area contributed by atoms with Crippen molar-refractivity contribution in [2.75, 3.05) is 0 Å². The highest BCUT2D eigenvalue weighted by Crippen LogP contribution is 2.29. The number of rotatable bonds is 5. The van der Waals surface area contributed by atoms with Crippen LogP contribution in [0.25, 0.3) is 0 Å². The van der Waals surface area contributed by atoms with Gasteiger partial charge in [0.25, 0.3) is 0 Å². The van der Waals surface area contributed by atoms with E-state index in [2.05, 4.69) is 15.3 Å². The van der Waals surface area contributed by atoms with Gasteiger partial charge in [0.05, 0.1) is 18.9 Å². The van der Waals surface area contributed by atoms with Crippen molar-refractivity contribution in [1.29, 1.82) is 0 Å². The van der Waals surface area contributed by atoms with E-state index in [9.17, 15) is 13.2 Å². The Morgan fingerprint density at radius 3 is 2.50 bits per heavy atom. The predicted octanol–water partition coefficient (Wildman–Crippen LogP) is 4.64. The summed E-state index contributed by atoms with van der Waals surface area (Å²) in [5.41, 5.74) is 0.483. The Morgan fingerprint density at radius 2 is 1.88 bits per heavy atom. The van der Waals surface area contributed by atoms with Gasteiger partial charge in [0, 0.05) is 10.7 Å². The average molecular weight is 385 g/mol. The second-order valence-electron chi connectivity index (χ2n) is 6.09. The van der Waals surface area contributed by atoms with Gasteiger partial charge < -0.3 is 4.42 Å². The summed E-state index contributed by atoms with van der Waals surface area (Å²) in [7, 11) is 0. The Balaban J connectivity index is 1.69. The summed E-state index contributed by atoms with van der Waals surface area (Å²) in [5, 5.41) is 12.3. The highest BCUT2D eigenvalue weighted by molar-refractivity contribution is 6.30. The molecule has 2 aromatic heterocycles. The van der Waals surface area contributed by atoms with E-state index in [4.69, 9.17) is 16.0 Å². The molecule has 9 heteroatoms. The monoisotopic (exact) mass is 384 g/mol. The number of nitrogens with zero attached hydrogens (tertiary/aromatic N) is 4. The van der Waals surface area contributed by atoms with E-state index in [0.29, 0.717) is 28.9 Å². The number of hydrogen-bond donors (Lipinski definition) is 0. The summed E-state index contributed by atoms with van der Waals surface area (Å²) in [6, 6.07) is 8.29. The summed E-state index contributed by atoms with van der Waals surface area (Å²) < 4.78 is 45.2. The van der Waals surface area contributed by atoms with Gasteiger partial charge in [-0.1, -0.05) is 30.7 Å². The first-order valence-corrected chi connectivity index (χ1v) is 8.28. The third-order valence-corrected chi connectivity index (χ3v) is 4.14. The number of aryl methyl sites for hydroxylation is 1. The molecule has 2 heterocycles. The van der Waals surface area contributed by atoms with Gasteiger partial charge in [0.1, 0.15) is 0 Å². The minimum absolute atomic E-state index is 0.213. The van der Waals surface area contributed by atoms with Crippen LogP contribution in [0, 0.1) is 6.92 Å². The average Bonchev–Trinajstić information content (AvgIpc) is 3.17. The molecular formula is C17H16ClF3N4O. The van der Waals surface area contributed by atoms with Gasteiger partial charge in [-0.25, -0.2) is 0 Å². The minimum Gasteiger partial charge on any atom is -0.425 e. The van der Waals surface area contributed by atoms with E-state index < -0.39 is 11.9 Å². The SMILES string of the molecule is Cc1cc(C(F)(F)F)nn1C[C@H](C)c1nnc(Cc2ccc(Cl)cc2)o1. The fourth-order valence-electron chi connectivity index (χ4n) is 2.49. The fourth-order valence-corrected chi connectivity index (χ4v) is 2.61. The summed E-state index contributed by atoms with van der Waals surface area (Å²) in [4.78, 5) is 0. The van der Waals surface area contributed by atoms with Gasteiger partial charge in [-0.3, -0.25) is 4.68 Å². The fraction of sp³-hybridized carbons (Fsp3) is 0.353. The van der Waals surface area contributed by atoms with Crippen LogP contribution in [0.4, 0.5) is 13.2 Å². The number of benzene rings is 1. The lowest BCUT2D eigenvalue weighted by atomic mass is 10.1. The molecule has 1 atom stereocenters. The highest BCUT2D eigenvalue weighted by atomic mass is 35.5. The lowest BCUT2D eigenvalue weighted by molar-refractivity contribution is -0.141. The topological polar surface area (TPSA) is 56.7 Å². The Morgan fingerprint density at radius 1 is 1.19 bits per heavy atom. The number of hydrogen-bond acceptors (Lipinski definition) is 4. The van der Waals surface area contributed by atoms with E-state index in [-0.39, 0.29) is 12.5 Å². The third-order valence-electron chi connectivity index (χ3n) is 3.89. The number of aromatic nitrogens is 4. The zero-order chi connectivity index (χ0) is 18.9. The second kappa shape index (κ2) is 7.11. The molecule has 0 spiro atoms. The van der Waals surface area contributed by atoms with Gasteiger partial charge in [-0.05, 0) is 30.7 Å². The molecule has 3 rings (SSSR count). The van der Waals surface area contributed by atoms with Crippen molar-refractivity contribution in [2.45, 2.75) is 38.9 Å². The molecule has 3 aromatic rings. The summed E-state index contributed by atoms with van der Waals surface area (Å²) in [6.45, 7) is 3.59. The maximum atomic E-state index is 12.8. The molecule has 0 bridgehead atoms. The van der Waals surface area contributed by atoms with Gasteiger partial charge in [-0.15, -0.1) is 10.2 Å². The van der Waals surface area contributed by atoms with Crippen LogP contribution in [0.1, 0.15) is 41.6 Å². The number of halogens is 4. The van der Waals surface area contributed by atoms with Gasteiger partial charge >= 0.3 is 6.18 Å². The summed E-state index contributed by atoms with van der Waals surface area (Å²) in [6.07, 6.45) is -4.01. The zero-order valence-corrected chi connectivity index (χ0v) is 14.8. The second-order valence-corrected chi connectivity index (χ2v) is 6.53. The van der Waals surface area contributed by atoms with Crippen molar-refractivity contribution in [3.63, 3.8) is 0 Å². The molecule has 0 fully saturated rings. The van der Waals surface area contributed by atoms with Gasteiger partial charge in [0.15, 0.2) is 5.69 Å². The van der Waals surface area contributed by atoms with Crippen LogP contribution in [0.15, 0.2) is 34.7 Å². The van der Waals surface area contributed by atoms with Gasteiger partial charge in [0.2, 0.25) is 11.8 Å². The molecule has 26 heavy (non-hydrogen) atoms. The van der Waals surface area contributed by atoms with Crippen LogP contribution < -0.4 is 0 Å². The van der Waals surface area contributed by atoms with E-state index >= 15 is 0 Å². The Labute approximate surface area is 152 Å². The van der Waals surface area contributed by atoms with Crippen molar-refractivity contribution < 1.29 is 17.6 Å². The molecular weight excluding hydrogens is 369 g/mol. The summed E-state index contributed by atoms with van der Waals surface area (Å²) >= 11 is 5.85. The van der Waals surface area contributed by atoms with Crippen molar-refractivity contribution in [1.82, 2.24) is 20.0 Å². The standard InChI is InChI=1S/C17H16ClF3N4O/c1-10(9-25-11(2)7-14(24-25)17(19,20)21)16-23-22-15(26-16)8-12-3-5-13(18)6-4-12/h3-7,10H,8-9H2,1-2H3/t10-/m0/s1. The van der Waals surface area contributed by atoms with Crippen LogP contribution in [-0.2, 0) is 19.1 Å². The lowest BCUT2D eigenvalue weighted by Crippen LogP contribution is -2.12. The van der Waals surface area contributed by atoms with E-state index in [1.165, 1.54) is 4.68 Å². The maximum absolute atomic E-state index is 12.8. The molecule has 0 aliphatic carbocycles. The first-order chi connectivity index (χ1) is 12.2. The zero-order valence-electron chi connectivity index (χ0n) is 14.1. The van der Waals surface area contributed by atoms with Crippen molar-refractivity contribution >= 4 is 11.6 Å². The molecule has 0 saturated carbocycles. The van der Waals surface area contributed by atoms with Crippen LogP contribution in [0.3, 0.4) is 0 Å². The van der Waals surface area contributed by atoms with E-state index in [1.807, 2.05) is 12.1 Å². The first kappa shape index (κ1) is 18.4. The Kier molecular flexibility index (Phi) is 5.04. The predicted molar refractivity (Wildman–Crippen MR) is 88.9 cm³/mol. The smallest absolute Gasteiger partial charge is 0.425 e. The van der Waals surface area contributed by atoms with Gasteiger partial charge in [-0.2, -0.15) is 18.3 Å². The highest BCUT2D eigenvalue weighted by Gasteiger charge is 2.34. The molecule has 0 N–H and O–H groups in total. The third kappa shape index (κ3) is 4.24. The first-order valence-electron chi connectivity index (χ1n) is 7.90. The Bertz CT molecular complexity index is 886. The van der Waals surface area contributed by atoms with Crippen LogP contribution in [0.2, 0.25) is 5.02 Å². The maximum Gasteiger partial charge on any atom is 0.435 e. The van der Waals surface area contributed by atoms with Crippen molar-refractivity contribution in [2.24, 2.45) is 0 Å². The summed E-state index contributed by atoms with van der Waals surface area (Å²) in [5.74, 6) is 0.515. The van der Waals surface area contributed by atoms with Crippen LogP contribution >= 0.6 is 11.6 Å². The molecule has 138 valence electrons. The van der Waals surface area contributed by atoms with E-state index in [1.54, 1.807) is 26.0 Å². The normalized spacial score (nSPS) is 13.2.